The van der Waals surface area contributed by atoms with Crippen LogP contribution in [0.2, 0.25) is 30.1 Å². The molecular formula is C23H15Cl6N3O3. The zero-order valence-electron chi connectivity index (χ0n) is 17.8. The SMILES string of the molecule is Cc1cc(NC(=O)c2ccc(COc3c(Cl)c(Cl)c(Cl)c(Cl)c3Cl)o2)nn1Cc1cccc(Cl)c1. The van der Waals surface area contributed by atoms with Gasteiger partial charge in [0, 0.05) is 16.8 Å². The Kier molecular flexibility index (Phi) is 8.11. The molecule has 2 aromatic carbocycles. The molecule has 2 aromatic heterocycles. The number of furan rings is 1. The Balaban J connectivity index is 1.41. The highest BCUT2D eigenvalue weighted by Gasteiger charge is 2.21. The van der Waals surface area contributed by atoms with Gasteiger partial charge in [0.15, 0.2) is 17.3 Å². The van der Waals surface area contributed by atoms with Crippen molar-refractivity contribution in [2.24, 2.45) is 0 Å². The lowest BCUT2D eigenvalue weighted by Gasteiger charge is -2.12. The van der Waals surface area contributed by atoms with Crippen LogP contribution < -0.4 is 10.1 Å². The number of aromatic nitrogens is 2. The number of rotatable bonds is 7. The third kappa shape index (κ3) is 5.85. The molecule has 2 heterocycles. The molecule has 0 aliphatic heterocycles. The number of nitrogens with one attached hydrogen (secondary N) is 1. The molecular weight excluding hydrogens is 579 g/mol. The normalized spacial score (nSPS) is 11.1. The fraction of sp³-hybridized carbons (Fsp3) is 0.130. The van der Waals surface area contributed by atoms with E-state index in [1.165, 1.54) is 6.07 Å². The lowest BCUT2D eigenvalue weighted by molar-refractivity contribution is 0.0992. The summed E-state index contributed by atoms with van der Waals surface area (Å²) in [5.74, 6) is 0.364. The molecule has 12 heteroatoms. The van der Waals surface area contributed by atoms with Crippen LogP contribution in [-0.4, -0.2) is 15.7 Å². The molecule has 0 atom stereocenters. The molecule has 6 nitrogen and oxygen atoms in total. The van der Waals surface area contributed by atoms with Crippen molar-refractivity contribution in [3.8, 4) is 5.75 Å². The van der Waals surface area contributed by atoms with Crippen molar-refractivity contribution in [2.75, 3.05) is 5.32 Å². The van der Waals surface area contributed by atoms with Crippen molar-refractivity contribution in [3.63, 3.8) is 0 Å². The van der Waals surface area contributed by atoms with Crippen LogP contribution in [0.15, 0.2) is 46.9 Å². The number of aryl methyl sites for hydroxylation is 1. The van der Waals surface area contributed by atoms with E-state index < -0.39 is 5.91 Å². The highest BCUT2D eigenvalue weighted by Crippen LogP contribution is 2.48. The van der Waals surface area contributed by atoms with Crippen LogP contribution in [0.1, 0.15) is 27.6 Å². The molecule has 0 saturated carbocycles. The zero-order chi connectivity index (χ0) is 25.3. The number of nitrogens with zero attached hydrogens (tertiary/aromatic N) is 2. The van der Waals surface area contributed by atoms with Crippen LogP contribution in [0.4, 0.5) is 5.82 Å². The fourth-order valence-electron chi connectivity index (χ4n) is 3.15. The first-order valence-electron chi connectivity index (χ1n) is 9.97. The van der Waals surface area contributed by atoms with Gasteiger partial charge in [0.1, 0.15) is 22.4 Å². The molecule has 4 rings (SSSR count). The van der Waals surface area contributed by atoms with E-state index in [0.29, 0.717) is 23.1 Å². The summed E-state index contributed by atoms with van der Waals surface area (Å²) >= 11 is 36.5. The van der Waals surface area contributed by atoms with Crippen molar-refractivity contribution in [1.82, 2.24) is 9.78 Å². The van der Waals surface area contributed by atoms with Crippen molar-refractivity contribution in [1.29, 1.82) is 0 Å². The van der Waals surface area contributed by atoms with Gasteiger partial charge in [-0.1, -0.05) is 81.7 Å². The summed E-state index contributed by atoms with van der Waals surface area (Å²) in [6.07, 6.45) is 0. The first kappa shape index (κ1) is 26.0. The quantitative estimate of drug-likeness (QED) is 0.172. The second-order valence-electron chi connectivity index (χ2n) is 7.37. The molecule has 35 heavy (non-hydrogen) atoms. The van der Waals surface area contributed by atoms with E-state index in [-0.39, 0.29) is 43.2 Å². The minimum Gasteiger partial charge on any atom is -0.482 e. The van der Waals surface area contributed by atoms with E-state index in [2.05, 4.69) is 10.4 Å². The average Bonchev–Trinajstić information content (AvgIpc) is 3.43. The number of hydrogen-bond donors (Lipinski definition) is 1. The van der Waals surface area contributed by atoms with Gasteiger partial charge in [-0.15, -0.1) is 0 Å². The highest BCUT2D eigenvalue weighted by molar-refractivity contribution is 6.55. The van der Waals surface area contributed by atoms with E-state index in [1.807, 2.05) is 25.1 Å². The second-order valence-corrected chi connectivity index (χ2v) is 9.69. The number of anilines is 1. The van der Waals surface area contributed by atoms with Crippen molar-refractivity contribution in [2.45, 2.75) is 20.1 Å². The standard InChI is InChI=1S/C23H15Cl6N3O3/c1-11-7-16(31-32(11)9-12-3-2-4-13(24)8-12)30-23(33)15-6-5-14(35-15)10-34-22-20(28)18(26)17(25)19(27)21(22)29/h2-8H,9-10H2,1H3,(H,30,31,33). The summed E-state index contributed by atoms with van der Waals surface area (Å²) in [5.41, 5.74) is 1.85. The predicted molar refractivity (Wildman–Crippen MR) is 140 cm³/mol. The Bertz CT molecular complexity index is 1390. The molecule has 4 aromatic rings. The third-order valence-corrected chi connectivity index (χ3v) is 7.34. The van der Waals surface area contributed by atoms with Gasteiger partial charge in [-0.2, -0.15) is 5.10 Å². The molecule has 0 aliphatic carbocycles. The Morgan fingerprint density at radius 3 is 2.34 bits per heavy atom. The average molecular weight is 594 g/mol. The molecule has 0 unspecified atom stereocenters. The highest BCUT2D eigenvalue weighted by atomic mass is 35.5. The summed E-state index contributed by atoms with van der Waals surface area (Å²) in [4.78, 5) is 12.7. The largest absolute Gasteiger partial charge is 0.482 e. The Labute approximate surface area is 230 Å². The summed E-state index contributed by atoms with van der Waals surface area (Å²) in [6, 6.07) is 12.3. The van der Waals surface area contributed by atoms with Gasteiger partial charge in [0.25, 0.3) is 5.91 Å². The minimum absolute atomic E-state index is 0.0133. The van der Waals surface area contributed by atoms with E-state index in [0.717, 1.165) is 11.3 Å². The van der Waals surface area contributed by atoms with Gasteiger partial charge in [0.2, 0.25) is 0 Å². The van der Waals surface area contributed by atoms with Crippen LogP contribution in [0.25, 0.3) is 0 Å². The minimum atomic E-state index is -0.475. The van der Waals surface area contributed by atoms with Gasteiger partial charge in [-0.25, -0.2) is 0 Å². The number of carbonyl (C=O) groups excluding carboxylic acids is 1. The van der Waals surface area contributed by atoms with Crippen LogP contribution >= 0.6 is 69.6 Å². The number of carbonyl (C=O) groups is 1. The number of amides is 1. The van der Waals surface area contributed by atoms with E-state index in [1.54, 1.807) is 22.9 Å². The number of hydrogen-bond acceptors (Lipinski definition) is 4. The first-order valence-corrected chi connectivity index (χ1v) is 12.2. The van der Waals surface area contributed by atoms with Gasteiger partial charge in [-0.05, 0) is 36.8 Å². The second kappa shape index (κ2) is 10.9. The van der Waals surface area contributed by atoms with Gasteiger partial charge in [0.05, 0.1) is 21.6 Å². The Hall–Kier alpha value is -2.06. The molecule has 0 radical (unpaired) electrons. The molecule has 0 bridgehead atoms. The zero-order valence-corrected chi connectivity index (χ0v) is 22.4. The lowest BCUT2D eigenvalue weighted by Crippen LogP contribution is -2.12. The molecule has 0 fully saturated rings. The number of benzene rings is 2. The first-order chi connectivity index (χ1) is 16.6. The van der Waals surface area contributed by atoms with Crippen LogP contribution in [0.5, 0.6) is 5.75 Å². The summed E-state index contributed by atoms with van der Waals surface area (Å²) < 4.78 is 13.0. The summed E-state index contributed by atoms with van der Waals surface area (Å²) in [7, 11) is 0. The van der Waals surface area contributed by atoms with Crippen molar-refractivity contribution >= 4 is 81.3 Å². The predicted octanol–water partition coefficient (Wildman–Crippen LogP) is 8.58. The Morgan fingerprint density at radius 1 is 0.971 bits per heavy atom. The van der Waals surface area contributed by atoms with Crippen molar-refractivity contribution < 1.29 is 13.9 Å². The smallest absolute Gasteiger partial charge is 0.292 e. The number of ether oxygens (including phenoxy) is 1. The topological polar surface area (TPSA) is 69.3 Å². The molecule has 0 saturated heterocycles. The molecule has 0 aliphatic rings. The van der Waals surface area contributed by atoms with Crippen LogP contribution in [0, 0.1) is 6.92 Å². The van der Waals surface area contributed by atoms with E-state index in [9.17, 15) is 4.79 Å². The van der Waals surface area contributed by atoms with E-state index in [4.69, 9.17) is 78.8 Å². The van der Waals surface area contributed by atoms with Gasteiger partial charge >= 0.3 is 0 Å². The lowest BCUT2D eigenvalue weighted by atomic mass is 10.2. The molecule has 0 spiro atoms. The van der Waals surface area contributed by atoms with Crippen molar-refractivity contribution in [3.05, 3.63) is 95.4 Å². The molecule has 1 N–H and O–H groups in total. The van der Waals surface area contributed by atoms with Crippen LogP contribution in [0.3, 0.4) is 0 Å². The fourth-order valence-corrected chi connectivity index (χ4v) is 4.59. The van der Waals surface area contributed by atoms with E-state index >= 15 is 0 Å². The maximum Gasteiger partial charge on any atom is 0.292 e. The molecule has 182 valence electrons. The van der Waals surface area contributed by atoms with Gasteiger partial charge in [-0.3, -0.25) is 9.48 Å². The monoisotopic (exact) mass is 591 g/mol. The number of halogens is 6. The maximum atomic E-state index is 12.7. The summed E-state index contributed by atoms with van der Waals surface area (Å²) in [5, 5.41) is 7.88. The summed E-state index contributed by atoms with van der Waals surface area (Å²) in [6.45, 7) is 2.31. The Morgan fingerprint density at radius 2 is 1.66 bits per heavy atom. The van der Waals surface area contributed by atoms with Crippen LogP contribution in [-0.2, 0) is 13.2 Å². The maximum absolute atomic E-state index is 12.7. The third-order valence-electron chi connectivity index (χ3n) is 4.86. The van der Waals surface area contributed by atoms with Gasteiger partial charge < -0.3 is 14.5 Å². The molecule has 1 amide bonds.